The Morgan fingerprint density at radius 2 is 2.25 bits per heavy atom. The van der Waals surface area contributed by atoms with Gasteiger partial charge in [-0.05, 0) is 25.7 Å². The number of hydrogen-bond donors (Lipinski definition) is 2. The Morgan fingerprint density at radius 1 is 1.58 bits per heavy atom. The minimum atomic E-state index is -2.86. The van der Waals surface area contributed by atoms with Crippen molar-refractivity contribution in [1.82, 2.24) is 0 Å². The van der Waals surface area contributed by atoms with Crippen molar-refractivity contribution in [2.75, 3.05) is 6.16 Å². The third-order valence-corrected chi connectivity index (χ3v) is 5.26. The average Bonchev–Trinajstić information content (AvgIpc) is 2.36. The van der Waals surface area contributed by atoms with Crippen LogP contribution in [0.2, 0.25) is 0 Å². The van der Waals surface area contributed by atoms with Crippen LogP contribution in [0.15, 0.2) is 0 Å². The average molecular weight is 191 g/mol. The summed E-state index contributed by atoms with van der Waals surface area (Å²) in [6.07, 6.45) is 3.76. The Kier molecular flexibility index (Phi) is 3.33. The van der Waals surface area contributed by atoms with Crippen molar-refractivity contribution in [3.8, 4) is 0 Å². The normalized spacial score (nSPS) is 34.9. The summed E-state index contributed by atoms with van der Waals surface area (Å²) in [5, 5.41) is 0. The second-order valence-corrected chi connectivity index (χ2v) is 6.39. The maximum absolute atomic E-state index is 11.7. The van der Waals surface area contributed by atoms with Crippen LogP contribution in [-0.2, 0) is 4.57 Å². The van der Waals surface area contributed by atoms with E-state index < -0.39 is 7.37 Å². The molecule has 0 spiro atoms. The van der Waals surface area contributed by atoms with Gasteiger partial charge < -0.3 is 10.6 Å². The van der Waals surface area contributed by atoms with Crippen LogP contribution in [0.25, 0.3) is 0 Å². The van der Waals surface area contributed by atoms with Crippen LogP contribution in [0, 0.1) is 0 Å². The lowest BCUT2D eigenvalue weighted by Gasteiger charge is -2.17. The standard InChI is InChI=1S/C8H18NO2P/c1-2-5-12(10,11)8-4-3-7(9)6-8/h7-8H,2-6,9H2,1H3,(H,10,11)/t7-,8-/m1/s1. The van der Waals surface area contributed by atoms with Crippen LogP contribution in [-0.4, -0.2) is 22.8 Å². The predicted octanol–water partition coefficient (Wildman–Crippen LogP) is 1.55. The second kappa shape index (κ2) is 3.91. The molecule has 0 aromatic carbocycles. The highest BCUT2D eigenvalue weighted by molar-refractivity contribution is 7.58. The quantitative estimate of drug-likeness (QED) is 0.665. The van der Waals surface area contributed by atoms with E-state index in [0.29, 0.717) is 6.16 Å². The number of rotatable bonds is 3. The number of hydrogen-bond acceptors (Lipinski definition) is 2. The summed E-state index contributed by atoms with van der Waals surface area (Å²) in [5.74, 6) is 0. The fourth-order valence-electron chi connectivity index (χ4n) is 1.86. The monoisotopic (exact) mass is 191 g/mol. The summed E-state index contributed by atoms with van der Waals surface area (Å²) in [7, 11) is -2.86. The molecule has 1 unspecified atom stereocenters. The molecule has 1 aliphatic carbocycles. The molecule has 0 aliphatic heterocycles. The molecular weight excluding hydrogens is 173 g/mol. The zero-order valence-corrected chi connectivity index (χ0v) is 8.46. The minimum absolute atomic E-state index is 0.00699. The van der Waals surface area contributed by atoms with Crippen LogP contribution >= 0.6 is 7.37 Å². The first-order valence-electron chi connectivity index (χ1n) is 4.63. The topological polar surface area (TPSA) is 63.3 Å². The molecule has 0 saturated heterocycles. The maximum atomic E-state index is 11.7. The van der Waals surface area contributed by atoms with Gasteiger partial charge in [-0.25, -0.2) is 0 Å². The summed E-state index contributed by atoms with van der Waals surface area (Å²) >= 11 is 0. The highest BCUT2D eigenvalue weighted by Crippen LogP contribution is 2.52. The van der Waals surface area contributed by atoms with Crippen molar-refractivity contribution < 1.29 is 9.46 Å². The van der Waals surface area contributed by atoms with Crippen molar-refractivity contribution >= 4 is 7.37 Å². The van der Waals surface area contributed by atoms with E-state index in [4.69, 9.17) is 5.73 Å². The Balaban J connectivity index is 2.51. The molecule has 0 aromatic heterocycles. The van der Waals surface area contributed by atoms with Crippen LogP contribution in [0.1, 0.15) is 32.6 Å². The molecule has 12 heavy (non-hydrogen) atoms. The Labute approximate surface area is 73.8 Å². The summed E-state index contributed by atoms with van der Waals surface area (Å²) in [6, 6.07) is 0.160. The van der Waals surface area contributed by atoms with E-state index in [1.165, 1.54) is 0 Å². The van der Waals surface area contributed by atoms with E-state index >= 15 is 0 Å². The third kappa shape index (κ3) is 2.32. The smallest absolute Gasteiger partial charge is 0.203 e. The van der Waals surface area contributed by atoms with Gasteiger partial charge in [0.15, 0.2) is 0 Å². The lowest BCUT2D eigenvalue weighted by molar-refractivity contribution is 0.460. The lowest BCUT2D eigenvalue weighted by atomic mass is 10.3. The third-order valence-electron chi connectivity index (χ3n) is 2.56. The molecule has 0 radical (unpaired) electrons. The van der Waals surface area contributed by atoms with Gasteiger partial charge in [-0.1, -0.05) is 6.92 Å². The largest absolute Gasteiger partial charge is 0.344 e. The van der Waals surface area contributed by atoms with Crippen molar-refractivity contribution in [3.05, 3.63) is 0 Å². The molecule has 1 saturated carbocycles. The van der Waals surface area contributed by atoms with Gasteiger partial charge in [0.05, 0.1) is 0 Å². The summed E-state index contributed by atoms with van der Waals surface area (Å²) < 4.78 is 11.7. The van der Waals surface area contributed by atoms with E-state index in [-0.39, 0.29) is 11.7 Å². The van der Waals surface area contributed by atoms with E-state index in [1.807, 2.05) is 6.92 Å². The van der Waals surface area contributed by atoms with Crippen molar-refractivity contribution in [1.29, 1.82) is 0 Å². The van der Waals surface area contributed by atoms with Crippen LogP contribution in [0.5, 0.6) is 0 Å². The molecular formula is C8H18NO2P. The van der Waals surface area contributed by atoms with Gasteiger partial charge in [0.2, 0.25) is 7.37 Å². The van der Waals surface area contributed by atoms with Crippen LogP contribution in [0.3, 0.4) is 0 Å². The maximum Gasteiger partial charge on any atom is 0.203 e. The molecule has 0 amide bonds. The molecule has 3 nitrogen and oxygen atoms in total. The van der Waals surface area contributed by atoms with E-state index in [1.54, 1.807) is 0 Å². The Hall–Kier alpha value is 0.150. The first kappa shape index (κ1) is 10.2. The van der Waals surface area contributed by atoms with Gasteiger partial charge >= 0.3 is 0 Å². The van der Waals surface area contributed by atoms with Gasteiger partial charge in [-0.3, -0.25) is 4.57 Å². The lowest BCUT2D eigenvalue weighted by Crippen LogP contribution is -2.16. The van der Waals surface area contributed by atoms with Crippen molar-refractivity contribution in [2.45, 2.75) is 44.3 Å². The van der Waals surface area contributed by atoms with Crippen LogP contribution < -0.4 is 5.73 Å². The summed E-state index contributed by atoms with van der Waals surface area (Å²) in [4.78, 5) is 9.63. The van der Waals surface area contributed by atoms with Gasteiger partial charge in [-0.15, -0.1) is 0 Å². The minimum Gasteiger partial charge on any atom is -0.344 e. The first-order chi connectivity index (χ1) is 5.56. The zero-order valence-electron chi connectivity index (χ0n) is 7.57. The SMILES string of the molecule is CCCP(=O)(O)[C@@H]1CC[C@@H](N)C1. The zero-order chi connectivity index (χ0) is 9.19. The molecule has 3 atom stereocenters. The highest BCUT2D eigenvalue weighted by Gasteiger charge is 2.35. The van der Waals surface area contributed by atoms with E-state index in [2.05, 4.69) is 0 Å². The first-order valence-corrected chi connectivity index (χ1v) is 6.54. The summed E-state index contributed by atoms with van der Waals surface area (Å²) in [5.41, 5.74) is 5.68. The van der Waals surface area contributed by atoms with Gasteiger partial charge in [-0.2, -0.15) is 0 Å². The second-order valence-electron chi connectivity index (χ2n) is 3.71. The number of nitrogens with two attached hydrogens (primary N) is 1. The fourth-order valence-corrected chi connectivity index (χ4v) is 4.02. The van der Waals surface area contributed by atoms with Crippen molar-refractivity contribution in [2.24, 2.45) is 5.73 Å². The molecule has 0 aromatic rings. The van der Waals surface area contributed by atoms with E-state index in [0.717, 1.165) is 25.7 Å². The fraction of sp³-hybridized carbons (Fsp3) is 1.00. The van der Waals surface area contributed by atoms with E-state index in [9.17, 15) is 9.46 Å². The Bertz CT molecular complexity index is 195. The van der Waals surface area contributed by atoms with Gasteiger partial charge in [0.25, 0.3) is 0 Å². The Morgan fingerprint density at radius 3 is 2.67 bits per heavy atom. The molecule has 1 fully saturated rings. The molecule has 0 heterocycles. The van der Waals surface area contributed by atoms with Crippen LogP contribution in [0.4, 0.5) is 0 Å². The molecule has 72 valence electrons. The van der Waals surface area contributed by atoms with Gasteiger partial charge in [0, 0.05) is 17.9 Å². The predicted molar refractivity (Wildman–Crippen MR) is 50.6 cm³/mol. The van der Waals surface area contributed by atoms with Gasteiger partial charge in [0.1, 0.15) is 0 Å². The molecule has 0 bridgehead atoms. The highest BCUT2D eigenvalue weighted by atomic mass is 31.2. The molecule has 1 rings (SSSR count). The van der Waals surface area contributed by atoms with Crippen molar-refractivity contribution in [3.63, 3.8) is 0 Å². The molecule has 4 heteroatoms. The summed E-state index contributed by atoms with van der Waals surface area (Å²) in [6.45, 7) is 1.94. The molecule has 1 aliphatic rings. The molecule has 3 N–H and O–H groups in total.